The van der Waals surface area contributed by atoms with Gasteiger partial charge in [-0.2, -0.15) is 0 Å². The van der Waals surface area contributed by atoms with Crippen molar-refractivity contribution in [3.05, 3.63) is 54.6 Å². The Labute approximate surface area is 142 Å². The number of carbonyl (C=O) groups is 2. The van der Waals surface area contributed by atoms with E-state index in [1.807, 2.05) is 0 Å². The van der Waals surface area contributed by atoms with Crippen molar-refractivity contribution in [1.82, 2.24) is 4.90 Å². The molecule has 0 spiro atoms. The standard InChI is InChI=1S/C17H21NO5S/c1-5-9-18(10-6-2)16(19)12-23-17(20)15-11-14(24(4,21)22)8-7-13(15)3/h5-8,11H,1-2,9-10,12H2,3-4H3. The zero-order valence-electron chi connectivity index (χ0n) is 13.8. The van der Waals surface area contributed by atoms with Crippen LogP contribution in [0.4, 0.5) is 0 Å². The molecule has 1 rings (SSSR count). The highest BCUT2D eigenvalue weighted by molar-refractivity contribution is 7.90. The second-order valence-corrected chi connectivity index (χ2v) is 7.22. The lowest BCUT2D eigenvalue weighted by atomic mass is 10.1. The van der Waals surface area contributed by atoms with Gasteiger partial charge in [-0.05, 0) is 24.6 Å². The second kappa shape index (κ2) is 8.44. The van der Waals surface area contributed by atoms with E-state index in [9.17, 15) is 18.0 Å². The first-order valence-electron chi connectivity index (χ1n) is 7.18. The molecule has 0 saturated carbocycles. The molecule has 0 aromatic heterocycles. The molecule has 0 atom stereocenters. The van der Waals surface area contributed by atoms with Crippen molar-refractivity contribution in [2.75, 3.05) is 26.0 Å². The molecule has 0 heterocycles. The molecule has 6 nitrogen and oxygen atoms in total. The van der Waals surface area contributed by atoms with E-state index in [1.165, 1.54) is 23.1 Å². The van der Waals surface area contributed by atoms with Gasteiger partial charge in [0.1, 0.15) is 0 Å². The highest BCUT2D eigenvalue weighted by atomic mass is 32.2. The quantitative estimate of drug-likeness (QED) is 0.526. The molecule has 0 saturated heterocycles. The Balaban J connectivity index is 2.87. The second-order valence-electron chi connectivity index (χ2n) is 5.20. The predicted octanol–water partition coefficient (Wildman–Crippen LogP) is 1.76. The maximum Gasteiger partial charge on any atom is 0.338 e. The van der Waals surface area contributed by atoms with Gasteiger partial charge >= 0.3 is 5.97 Å². The molecule has 7 heteroatoms. The summed E-state index contributed by atoms with van der Waals surface area (Å²) in [7, 11) is -3.44. The number of esters is 1. The molecule has 0 aliphatic carbocycles. The van der Waals surface area contributed by atoms with Gasteiger partial charge in [0.2, 0.25) is 0 Å². The molecule has 0 bridgehead atoms. The van der Waals surface area contributed by atoms with Crippen molar-refractivity contribution in [2.24, 2.45) is 0 Å². The number of aryl methyl sites for hydroxylation is 1. The number of amides is 1. The molecule has 130 valence electrons. The van der Waals surface area contributed by atoms with E-state index in [4.69, 9.17) is 4.74 Å². The molecular weight excluding hydrogens is 330 g/mol. The zero-order valence-corrected chi connectivity index (χ0v) is 14.6. The fourth-order valence-electron chi connectivity index (χ4n) is 1.94. The van der Waals surface area contributed by atoms with Gasteiger partial charge in [0.15, 0.2) is 16.4 Å². The fraction of sp³-hybridized carbons (Fsp3) is 0.294. The van der Waals surface area contributed by atoms with Crippen molar-refractivity contribution in [1.29, 1.82) is 0 Å². The Kier molecular flexibility index (Phi) is 6.91. The third-order valence-electron chi connectivity index (χ3n) is 3.24. The van der Waals surface area contributed by atoms with Crippen LogP contribution in [0, 0.1) is 6.92 Å². The van der Waals surface area contributed by atoms with Gasteiger partial charge in [-0.1, -0.05) is 18.2 Å². The summed E-state index contributed by atoms with van der Waals surface area (Å²) in [5, 5.41) is 0. The van der Waals surface area contributed by atoms with Gasteiger partial charge in [-0.3, -0.25) is 4.79 Å². The van der Waals surface area contributed by atoms with Crippen LogP contribution < -0.4 is 0 Å². The molecule has 0 fully saturated rings. The summed E-state index contributed by atoms with van der Waals surface area (Å²) >= 11 is 0. The van der Waals surface area contributed by atoms with Crippen molar-refractivity contribution in [3.8, 4) is 0 Å². The molecular formula is C17H21NO5S. The number of benzene rings is 1. The minimum absolute atomic E-state index is 0.0197. The van der Waals surface area contributed by atoms with Gasteiger partial charge in [0, 0.05) is 19.3 Å². The number of ether oxygens (including phenoxy) is 1. The highest BCUT2D eigenvalue weighted by Crippen LogP contribution is 2.16. The normalized spacial score (nSPS) is 10.8. The molecule has 1 aromatic rings. The average Bonchev–Trinajstić information content (AvgIpc) is 2.51. The van der Waals surface area contributed by atoms with E-state index in [1.54, 1.807) is 19.1 Å². The van der Waals surface area contributed by atoms with E-state index in [0.29, 0.717) is 18.7 Å². The summed E-state index contributed by atoms with van der Waals surface area (Å²) in [6, 6.07) is 4.20. The third kappa shape index (κ3) is 5.34. The van der Waals surface area contributed by atoms with Gasteiger partial charge < -0.3 is 9.64 Å². The summed E-state index contributed by atoms with van der Waals surface area (Å²) in [4.78, 5) is 25.6. The van der Waals surface area contributed by atoms with E-state index in [-0.39, 0.29) is 16.4 Å². The largest absolute Gasteiger partial charge is 0.452 e. The Bertz CT molecular complexity index is 742. The maximum absolute atomic E-state index is 12.2. The Morgan fingerprint density at radius 2 is 1.79 bits per heavy atom. The Hall–Kier alpha value is -2.41. The molecule has 0 radical (unpaired) electrons. The van der Waals surface area contributed by atoms with E-state index >= 15 is 0 Å². The first-order chi connectivity index (χ1) is 11.2. The van der Waals surface area contributed by atoms with E-state index in [0.717, 1.165) is 6.26 Å². The Morgan fingerprint density at radius 3 is 2.29 bits per heavy atom. The highest BCUT2D eigenvalue weighted by Gasteiger charge is 2.18. The van der Waals surface area contributed by atoms with E-state index in [2.05, 4.69) is 13.2 Å². The molecule has 0 aliphatic rings. The average molecular weight is 351 g/mol. The van der Waals surface area contributed by atoms with Crippen molar-refractivity contribution in [2.45, 2.75) is 11.8 Å². The number of rotatable bonds is 8. The monoisotopic (exact) mass is 351 g/mol. The zero-order chi connectivity index (χ0) is 18.3. The van der Waals surface area contributed by atoms with Crippen LogP contribution in [-0.2, 0) is 19.4 Å². The van der Waals surface area contributed by atoms with Crippen LogP contribution in [0.15, 0.2) is 48.4 Å². The summed E-state index contributed by atoms with van der Waals surface area (Å²) in [6.07, 6.45) is 4.17. The van der Waals surface area contributed by atoms with Gasteiger partial charge in [0.05, 0.1) is 10.5 Å². The SMILES string of the molecule is C=CCN(CC=C)C(=O)COC(=O)c1cc(S(C)(=O)=O)ccc1C. The minimum Gasteiger partial charge on any atom is -0.452 e. The minimum atomic E-state index is -3.44. The van der Waals surface area contributed by atoms with Crippen molar-refractivity contribution >= 4 is 21.7 Å². The molecule has 1 amide bonds. The molecule has 1 aromatic carbocycles. The van der Waals surface area contributed by atoms with Crippen molar-refractivity contribution < 1.29 is 22.7 Å². The van der Waals surface area contributed by atoms with Crippen LogP contribution in [0.5, 0.6) is 0 Å². The lowest BCUT2D eigenvalue weighted by Gasteiger charge is -2.19. The fourth-order valence-corrected chi connectivity index (χ4v) is 2.58. The van der Waals surface area contributed by atoms with Crippen molar-refractivity contribution in [3.63, 3.8) is 0 Å². The molecule has 0 aliphatic heterocycles. The number of hydrogen-bond acceptors (Lipinski definition) is 5. The van der Waals surface area contributed by atoms with Gasteiger partial charge in [-0.25, -0.2) is 13.2 Å². The van der Waals surface area contributed by atoms with Gasteiger partial charge in [-0.15, -0.1) is 13.2 Å². The maximum atomic E-state index is 12.2. The predicted molar refractivity (Wildman–Crippen MR) is 91.5 cm³/mol. The molecule has 24 heavy (non-hydrogen) atoms. The number of carbonyl (C=O) groups excluding carboxylic acids is 2. The van der Waals surface area contributed by atoms with Crippen LogP contribution in [0.1, 0.15) is 15.9 Å². The third-order valence-corrected chi connectivity index (χ3v) is 4.35. The summed E-state index contributed by atoms with van der Waals surface area (Å²) < 4.78 is 28.2. The van der Waals surface area contributed by atoms with Crippen LogP contribution in [-0.4, -0.2) is 51.1 Å². The van der Waals surface area contributed by atoms with Crippen LogP contribution in [0.25, 0.3) is 0 Å². The summed E-state index contributed by atoms with van der Waals surface area (Å²) in [5.74, 6) is -1.14. The first kappa shape index (κ1) is 19.6. The van der Waals surface area contributed by atoms with Crippen LogP contribution in [0.2, 0.25) is 0 Å². The number of nitrogens with zero attached hydrogens (tertiary/aromatic N) is 1. The topological polar surface area (TPSA) is 80.8 Å². The van der Waals surface area contributed by atoms with Crippen LogP contribution >= 0.6 is 0 Å². The first-order valence-corrected chi connectivity index (χ1v) is 9.07. The number of sulfone groups is 1. The Morgan fingerprint density at radius 1 is 1.21 bits per heavy atom. The number of hydrogen-bond donors (Lipinski definition) is 0. The lowest BCUT2D eigenvalue weighted by molar-refractivity contribution is -0.133. The molecule has 0 unspecified atom stereocenters. The van der Waals surface area contributed by atoms with Crippen LogP contribution in [0.3, 0.4) is 0 Å². The summed E-state index contributed by atoms with van der Waals surface area (Å²) in [5.41, 5.74) is 0.679. The lowest BCUT2D eigenvalue weighted by Crippen LogP contribution is -2.35. The van der Waals surface area contributed by atoms with E-state index < -0.39 is 22.4 Å². The molecule has 0 N–H and O–H groups in total. The summed E-state index contributed by atoms with van der Waals surface area (Å²) in [6.45, 7) is 8.96. The van der Waals surface area contributed by atoms with Gasteiger partial charge in [0.25, 0.3) is 5.91 Å². The smallest absolute Gasteiger partial charge is 0.338 e.